The first-order chi connectivity index (χ1) is 14.9. The number of fused-ring (bicyclic) bond motifs is 3. The molecule has 3 heterocycles. The molecule has 2 atom stereocenters. The highest BCUT2D eigenvalue weighted by Crippen LogP contribution is 2.43. The minimum absolute atomic E-state index is 0.00707. The normalized spacial score (nSPS) is 26.2. The summed E-state index contributed by atoms with van der Waals surface area (Å²) < 4.78 is 39.5. The molecule has 6 nitrogen and oxygen atoms in total. The zero-order chi connectivity index (χ0) is 21.8. The Bertz CT molecular complexity index is 1130. The van der Waals surface area contributed by atoms with Crippen LogP contribution in [0, 0.1) is 5.82 Å². The molecule has 31 heavy (non-hydrogen) atoms. The molecule has 2 aromatic rings. The molecule has 3 aliphatic heterocycles. The molecule has 0 aliphatic carbocycles. The van der Waals surface area contributed by atoms with Crippen LogP contribution in [-0.2, 0) is 14.8 Å². The van der Waals surface area contributed by atoms with E-state index in [1.165, 1.54) is 24.3 Å². The largest absolute Gasteiger partial charge is 0.337 e. The van der Waals surface area contributed by atoms with Gasteiger partial charge in [-0.2, -0.15) is 0 Å². The predicted molar refractivity (Wildman–Crippen MR) is 111 cm³/mol. The van der Waals surface area contributed by atoms with Crippen LogP contribution in [0.4, 0.5) is 4.39 Å². The SMILES string of the molecule is O=C(CCN1C(=O)c2ccccc2S1(=O)=O)N1C2CCC1CC(c1ccc(F)cc1)C2. The van der Waals surface area contributed by atoms with Gasteiger partial charge < -0.3 is 4.90 Å². The fraction of sp³-hybridized carbons (Fsp3) is 0.391. The number of piperidine rings is 1. The highest BCUT2D eigenvalue weighted by molar-refractivity contribution is 7.90. The molecule has 2 fully saturated rings. The van der Waals surface area contributed by atoms with Crippen LogP contribution >= 0.6 is 0 Å². The molecule has 2 unspecified atom stereocenters. The van der Waals surface area contributed by atoms with Gasteiger partial charge in [-0.3, -0.25) is 9.59 Å². The number of carbonyl (C=O) groups excluding carboxylic acids is 2. The number of carbonyl (C=O) groups is 2. The second kappa shape index (κ2) is 7.44. The van der Waals surface area contributed by atoms with Crippen molar-refractivity contribution >= 4 is 21.8 Å². The van der Waals surface area contributed by atoms with Crippen LogP contribution < -0.4 is 0 Å². The Hall–Kier alpha value is -2.74. The molecule has 2 saturated heterocycles. The van der Waals surface area contributed by atoms with Crippen LogP contribution in [0.2, 0.25) is 0 Å². The van der Waals surface area contributed by atoms with Crippen LogP contribution in [0.5, 0.6) is 0 Å². The van der Waals surface area contributed by atoms with Gasteiger partial charge >= 0.3 is 0 Å². The molecule has 2 amide bonds. The third-order valence-electron chi connectivity index (χ3n) is 6.80. The lowest BCUT2D eigenvalue weighted by molar-refractivity contribution is -0.135. The van der Waals surface area contributed by atoms with Gasteiger partial charge in [0.1, 0.15) is 10.7 Å². The standard InChI is InChI=1S/C23H23FN2O4S/c24-17-7-5-15(6-8-17)16-13-18-9-10-19(14-16)26(18)22(27)11-12-25-23(28)20-3-1-2-4-21(20)31(25,29)30/h1-8,16,18-19H,9-14H2. The molecular formula is C23H23FN2O4S. The first-order valence-corrected chi connectivity index (χ1v) is 12.0. The Balaban J connectivity index is 1.26. The molecule has 0 saturated carbocycles. The highest BCUT2D eigenvalue weighted by Gasteiger charge is 2.45. The fourth-order valence-electron chi connectivity index (χ4n) is 5.37. The number of rotatable bonds is 4. The summed E-state index contributed by atoms with van der Waals surface area (Å²) in [6.07, 6.45) is 3.45. The van der Waals surface area contributed by atoms with Gasteiger partial charge in [0.25, 0.3) is 15.9 Å². The van der Waals surface area contributed by atoms with E-state index in [0.29, 0.717) is 0 Å². The van der Waals surface area contributed by atoms with E-state index in [1.54, 1.807) is 12.1 Å². The van der Waals surface area contributed by atoms with E-state index in [9.17, 15) is 22.4 Å². The van der Waals surface area contributed by atoms with Crippen LogP contribution in [0.1, 0.15) is 53.9 Å². The van der Waals surface area contributed by atoms with Crippen molar-refractivity contribution in [1.82, 2.24) is 9.21 Å². The van der Waals surface area contributed by atoms with Gasteiger partial charge in [0.2, 0.25) is 5.91 Å². The third kappa shape index (κ3) is 3.33. The Labute approximate surface area is 180 Å². The summed E-state index contributed by atoms with van der Waals surface area (Å²) in [5, 5.41) is 0. The molecule has 0 aromatic heterocycles. The minimum Gasteiger partial charge on any atom is -0.337 e. The molecule has 162 valence electrons. The zero-order valence-electron chi connectivity index (χ0n) is 16.9. The van der Waals surface area contributed by atoms with Crippen molar-refractivity contribution in [2.45, 2.75) is 55.0 Å². The van der Waals surface area contributed by atoms with Gasteiger partial charge in [-0.15, -0.1) is 0 Å². The highest BCUT2D eigenvalue weighted by atomic mass is 32.2. The van der Waals surface area contributed by atoms with E-state index in [1.807, 2.05) is 17.0 Å². The summed E-state index contributed by atoms with van der Waals surface area (Å²) in [5.41, 5.74) is 1.26. The predicted octanol–water partition coefficient (Wildman–Crippen LogP) is 3.30. The van der Waals surface area contributed by atoms with Crippen molar-refractivity contribution in [3.8, 4) is 0 Å². The Morgan fingerprint density at radius 1 is 1.00 bits per heavy atom. The molecule has 8 heteroatoms. The molecule has 3 aliphatic rings. The topological polar surface area (TPSA) is 74.8 Å². The van der Waals surface area contributed by atoms with E-state index in [2.05, 4.69) is 0 Å². The van der Waals surface area contributed by atoms with E-state index in [-0.39, 0.29) is 53.2 Å². The lowest BCUT2D eigenvalue weighted by Crippen LogP contribution is -2.47. The van der Waals surface area contributed by atoms with Gasteiger partial charge in [0.15, 0.2) is 0 Å². The Morgan fingerprint density at radius 3 is 2.29 bits per heavy atom. The fourth-order valence-corrected chi connectivity index (χ4v) is 6.94. The van der Waals surface area contributed by atoms with Crippen molar-refractivity contribution in [3.63, 3.8) is 0 Å². The molecule has 0 N–H and O–H groups in total. The van der Waals surface area contributed by atoms with Crippen LogP contribution in [0.25, 0.3) is 0 Å². The quantitative estimate of drug-likeness (QED) is 0.728. The van der Waals surface area contributed by atoms with Gasteiger partial charge in [0, 0.05) is 25.0 Å². The second-order valence-corrected chi connectivity index (χ2v) is 10.4. The average Bonchev–Trinajstić information content (AvgIpc) is 3.13. The molecule has 0 spiro atoms. The van der Waals surface area contributed by atoms with E-state index < -0.39 is 15.9 Å². The average molecular weight is 443 g/mol. The van der Waals surface area contributed by atoms with Crippen LogP contribution in [0.15, 0.2) is 53.4 Å². The Morgan fingerprint density at radius 2 is 1.65 bits per heavy atom. The maximum Gasteiger partial charge on any atom is 0.269 e. The summed E-state index contributed by atoms with van der Waals surface area (Å²) in [6.45, 7) is -0.147. The number of nitrogens with zero attached hydrogens (tertiary/aromatic N) is 2. The van der Waals surface area contributed by atoms with Crippen molar-refractivity contribution in [3.05, 3.63) is 65.5 Å². The van der Waals surface area contributed by atoms with Gasteiger partial charge in [-0.05, 0) is 61.4 Å². The summed E-state index contributed by atoms with van der Waals surface area (Å²) in [4.78, 5) is 27.5. The molecule has 2 bridgehead atoms. The maximum atomic E-state index is 13.2. The van der Waals surface area contributed by atoms with Crippen molar-refractivity contribution in [1.29, 1.82) is 0 Å². The summed E-state index contributed by atoms with van der Waals surface area (Å²) in [6, 6.07) is 12.9. The number of halogens is 1. The zero-order valence-corrected chi connectivity index (χ0v) is 17.7. The van der Waals surface area contributed by atoms with E-state index in [4.69, 9.17) is 0 Å². The lowest BCUT2D eigenvalue weighted by atomic mass is 9.85. The lowest BCUT2D eigenvalue weighted by Gasteiger charge is -2.39. The monoisotopic (exact) mass is 442 g/mol. The first-order valence-electron chi connectivity index (χ1n) is 10.6. The molecule has 5 rings (SSSR count). The summed E-state index contributed by atoms with van der Waals surface area (Å²) >= 11 is 0. The van der Waals surface area contributed by atoms with Crippen molar-refractivity contribution in [2.75, 3.05) is 6.54 Å². The Kier molecular flexibility index (Phi) is 4.84. The third-order valence-corrected chi connectivity index (χ3v) is 8.64. The van der Waals surface area contributed by atoms with Gasteiger partial charge in [-0.25, -0.2) is 17.1 Å². The van der Waals surface area contributed by atoms with Crippen LogP contribution in [-0.4, -0.2) is 48.1 Å². The number of hydrogen-bond donors (Lipinski definition) is 0. The van der Waals surface area contributed by atoms with Crippen LogP contribution in [0.3, 0.4) is 0 Å². The molecule has 0 radical (unpaired) electrons. The van der Waals surface area contributed by atoms with Crippen molar-refractivity contribution in [2.24, 2.45) is 0 Å². The number of benzene rings is 2. The number of amides is 2. The number of hydrogen-bond acceptors (Lipinski definition) is 4. The maximum absolute atomic E-state index is 13.2. The number of sulfonamides is 1. The smallest absolute Gasteiger partial charge is 0.269 e. The van der Waals surface area contributed by atoms with Crippen molar-refractivity contribution < 1.29 is 22.4 Å². The van der Waals surface area contributed by atoms with Gasteiger partial charge in [-0.1, -0.05) is 24.3 Å². The molecular weight excluding hydrogens is 419 g/mol. The van der Waals surface area contributed by atoms with Gasteiger partial charge in [0.05, 0.1) is 5.56 Å². The minimum atomic E-state index is -3.90. The molecule has 2 aromatic carbocycles. The van der Waals surface area contributed by atoms with E-state index >= 15 is 0 Å². The summed E-state index contributed by atoms with van der Waals surface area (Å²) in [7, 11) is -3.90. The first kappa shape index (κ1) is 20.2. The second-order valence-electron chi connectivity index (χ2n) is 8.53. The summed E-state index contributed by atoms with van der Waals surface area (Å²) in [5.74, 6) is -0.643. The van der Waals surface area contributed by atoms with E-state index in [0.717, 1.165) is 35.6 Å².